The quantitative estimate of drug-likeness (QED) is 0.490. The highest BCUT2D eigenvalue weighted by atomic mass is 19.1. The molecule has 0 aromatic carbocycles. The molecule has 0 saturated carbocycles. The zero-order chi connectivity index (χ0) is 6.20. The largest absolute Gasteiger partial charge is 0.376 e. The molecule has 1 saturated heterocycles. The van der Waals surface area contributed by atoms with Crippen molar-refractivity contribution in [3.63, 3.8) is 0 Å². The third kappa shape index (κ3) is 0.833. The van der Waals surface area contributed by atoms with Gasteiger partial charge in [-0.1, -0.05) is 0 Å². The van der Waals surface area contributed by atoms with E-state index >= 15 is 0 Å². The van der Waals surface area contributed by atoms with Crippen LogP contribution in [0.2, 0.25) is 0 Å². The second kappa shape index (κ2) is 1.67. The Balaban J connectivity index is 2.54. The van der Waals surface area contributed by atoms with Crippen molar-refractivity contribution in [1.82, 2.24) is 0 Å². The van der Waals surface area contributed by atoms with Crippen LogP contribution in [0.3, 0.4) is 0 Å². The molecule has 2 atom stereocenters. The van der Waals surface area contributed by atoms with Gasteiger partial charge in [0.1, 0.15) is 6.17 Å². The summed E-state index contributed by atoms with van der Waals surface area (Å²) in [5.74, 6) is 0. The Kier molecular flexibility index (Phi) is 1.25. The molecule has 0 aliphatic carbocycles. The van der Waals surface area contributed by atoms with Crippen LogP contribution in [0.15, 0.2) is 0 Å². The van der Waals surface area contributed by atoms with Gasteiger partial charge in [0.05, 0.1) is 18.8 Å². The van der Waals surface area contributed by atoms with E-state index < -0.39 is 11.7 Å². The van der Waals surface area contributed by atoms with Crippen molar-refractivity contribution in [2.75, 3.05) is 13.2 Å². The Bertz CT molecular complexity index is 94.4. The van der Waals surface area contributed by atoms with Crippen molar-refractivity contribution in [3.05, 3.63) is 0 Å². The Hall–Kier alpha value is -0.150. The van der Waals surface area contributed by atoms with Crippen LogP contribution < -0.4 is 5.73 Å². The predicted octanol–water partition coefficient (Wildman–Crippen LogP) is 0.0721. The molecule has 0 spiro atoms. The molecule has 1 aliphatic heterocycles. The predicted molar refractivity (Wildman–Crippen MR) is 28.3 cm³/mol. The van der Waals surface area contributed by atoms with Crippen LogP contribution in [0.25, 0.3) is 0 Å². The molecule has 0 aromatic heterocycles. The molecule has 1 aliphatic rings. The highest BCUT2D eigenvalue weighted by Gasteiger charge is 2.36. The highest BCUT2D eigenvalue weighted by Crippen LogP contribution is 2.17. The van der Waals surface area contributed by atoms with Crippen LogP contribution in [-0.4, -0.2) is 24.9 Å². The molecule has 0 aromatic rings. The molecule has 0 amide bonds. The molecule has 48 valence electrons. The van der Waals surface area contributed by atoms with Crippen LogP contribution >= 0.6 is 0 Å². The van der Waals surface area contributed by atoms with Gasteiger partial charge in [0.2, 0.25) is 0 Å². The fourth-order valence-electron chi connectivity index (χ4n) is 0.663. The molecular weight excluding hydrogens is 109 g/mol. The van der Waals surface area contributed by atoms with Crippen molar-refractivity contribution in [2.24, 2.45) is 5.73 Å². The van der Waals surface area contributed by atoms with Crippen molar-refractivity contribution in [3.8, 4) is 0 Å². The van der Waals surface area contributed by atoms with Crippen molar-refractivity contribution >= 4 is 0 Å². The van der Waals surface area contributed by atoms with E-state index in [1.54, 1.807) is 6.92 Å². The maximum Gasteiger partial charge on any atom is 0.143 e. The van der Waals surface area contributed by atoms with E-state index in [0.29, 0.717) is 6.61 Å². The molecule has 2 N–H and O–H groups in total. The first-order valence-corrected chi connectivity index (χ1v) is 2.63. The standard InChI is InChI=1S/C5H10FNO/c1-5(7)3-8-2-4(5)6/h4H,2-3,7H2,1H3. The normalized spacial score (nSPS) is 47.6. The molecule has 1 heterocycles. The van der Waals surface area contributed by atoms with Crippen molar-refractivity contribution in [1.29, 1.82) is 0 Å². The van der Waals surface area contributed by atoms with Gasteiger partial charge in [-0.3, -0.25) is 0 Å². The number of hydrogen-bond acceptors (Lipinski definition) is 2. The lowest BCUT2D eigenvalue weighted by atomic mass is 10.0. The minimum atomic E-state index is -0.984. The summed E-state index contributed by atoms with van der Waals surface area (Å²) in [6.07, 6.45) is -0.984. The van der Waals surface area contributed by atoms with Crippen molar-refractivity contribution in [2.45, 2.75) is 18.6 Å². The van der Waals surface area contributed by atoms with E-state index in [1.807, 2.05) is 0 Å². The highest BCUT2D eigenvalue weighted by molar-refractivity contribution is 4.91. The first-order chi connectivity index (χ1) is 3.63. The van der Waals surface area contributed by atoms with E-state index in [-0.39, 0.29) is 6.61 Å². The topological polar surface area (TPSA) is 35.2 Å². The number of rotatable bonds is 0. The smallest absolute Gasteiger partial charge is 0.143 e. The summed E-state index contributed by atoms with van der Waals surface area (Å²) in [4.78, 5) is 0. The van der Waals surface area contributed by atoms with Crippen LogP contribution in [0.1, 0.15) is 6.92 Å². The van der Waals surface area contributed by atoms with Crippen molar-refractivity contribution < 1.29 is 9.13 Å². The Morgan fingerprint density at radius 3 is 2.62 bits per heavy atom. The van der Waals surface area contributed by atoms with E-state index in [0.717, 1.165) is 0 Å². The number of hydrogen-bond donors (Lipinski definition) is 1. The minimum absolute atomic E-state index is 0.160. The number of halogens is 1. The van der Waals surface area contributed by atoms with Gasteiger partial charge < -0.3 is 10.5 Å². The van der Waals surface area contributed by atoms with Gasteiger partial charge in [-0.2, -0.15) is 0 Å². The summed E-state index contributed by atoms with van der Waals surface area (Å²) in [5.41, 5.74) is 4.69. The van der Waals surface area contributed by atoms with E-state index in [1.165, 1.54) is 0 Å². The SMILES string of the molecule is CC1(N)COCC1F. The molecule has 3 heteroatoms. The number of alkyl halides is 1. The average Bonchev–Trinajstić information content (AvgIpc) is 1.86. The van der Waals surface area contributed by atoms with Gasteiger partial charge in [0.25, 0.3) is 0 Å². The molecule has 1 fully saturated rings. The lowest BCUT2D eigenvalue weighted by molar-refractivity contribution is 0.171. The fraction of sp³-hybridized carbons (Fsp3) is 1.00. The Morgan fingerprint density at radius 1 is 1.88 bits per heavy atom. The molecule has 1 rings (SSSR count). The minimum Gasteiger partial charge on any atom is -0.376 e. The summed E-state index contributed by atoms with van der Waals surface area (Å²) in [7, 11) is 0. The second-order valence-electron chi connectivity index (χ2n) is 2.49. The third-order valence-corrected chi connectivity index (χ3v) is 1.39. The van der Waals surface area contributed by atoms with E-state index in [4.69, 9.17) is 10.5 Å². The van der Waals surface area contributed by atoms with Crippen LogP contribution in [-0.2, 0) is 4.74 Å². The number of nitrogens with two attached hydrogens (primary N) is 1. The molecule has 0 bridgehead atoms. The maximum atomic E-state index is 12.5. The Labute approximate surface area is 47.8 Å². The van der Waals surface area contributed by atoms with E-state index in [2.05, 4.69) is 0 Å². The lowest BCUT2D eigenvalue weighted by Crippen LogP contribution is -2.44. The molecule has 2 unspecified atom stereocenters. The summed E-state index contributed by atoms with van der Waals surface area (Å²) in [6.45, 7) is 2.16. The van der Waals surface area contributed by atoms with Crippen LogP contribution in [0.4, 0.5) is 4.39 Å². The second-order valence-corrected chi connectivity index (χ2v) is 2.49. The molecule has 0 radical (unpaired) electrons. The molecular formula is C5H10FNO. The average molecular weight is 119 g/mol. The van der Waals surface area contributed by atoms with Crippen LogP contribution in [0, 0.1) is 0 Å². The molecule has 2 nitrogen and oxygen atoms in total. The summed E-state index contributed by atoms with van der Waals surface area (Å²) < 4.78 is 17.2. The van der Waals surface area contributed by atoms with Gasteiger partial charge in [-0.05, 0) is 6.92 Å². The Morgan fingerprint density at radius 2 is 2.50 bits per heavy atom. The van der Waals surface area contributed by atoms with Gasteiger partial charge in [0, 0.05) is 0 Å². The van der Waals surface area contributed by atoms with Gasteiger partial charge in [-0.25, -0.2) is 4.39 Å². The summed E-state index contributed by atoms with van der Waals surface area (Å²) in [6, 6.07) is 0. The monoisotopic (exact) mass is 119 g/mol. The zero-order valence-corrected chi connectivity index (χ0v) is 4.86. The lowest BCUT2D eigenvalue weighted by Gasteiger charge is -2.16. The third-order valence-electron chi connectivity index (χ3n) is 1.39. The van der Waals surface area contributed by atoms with E-state index in [9.17, 15) is 4.39 Å². The fourth-order valence-corrected chi connectivity index (χ4v) is 0.663. The summed E-state index contributed by atoms with van der Waals surface area (Å²) in [5, 5.41) is 0. The first-order valence-electron chi connectivity index (χ1n) is 2.63. The zero-order valence-electron chi connectivity index (χ0n) is 4.86. The molecule has 8 heavy (non-hydrogen) atoms. The van der Waals surface area contributed by atoms with Gasteiger partial charge >= 0.3 is 0 Å². The van der Waals surface area contributed by atoms with Crippen LogP contribution in [0.5, 0.6) is 0 Å². The number of ether oxygens (including phenoxy) is 1. The summed E-state index contributed by atoms with van der Waals surface area (Å²) >= 11 is 0. The van der Waals surface area contributed by atoms with Gasteiger partial charge in [0.15, 0.2) is 0 Å². The van der Waals surface area contributed by atoms with Gasteiger partial charge in [-0.15, -0.1) is 0 Å². The first kappa shape index (κ1) is 5.98. The maximum absolute atomic E-state index is 12.5.